The van der Waals surface area contributed by atoms with Crippen molar-refractivity contribution in [2.75, 3.05) is 5.32 Å². The Morgan fingerprint density at radius 3 is 2.57 bits per heavy atom. The molecule has 23 heavy (non-hydrogen) atoms. The minimum Gasteiger partial charge on any atom is -0.481 e. The van der Waals surface area contributed by atoms with Gasteiger partial charge in [0, 0.05) is 25.1 Å². The zero-order valence-electron chi connectivity index (χ0n) is 14.3. The highest BCUT2D eigenvalue weighted by Crippen LogP contribution is 2.23. The molecule has 1 aliphatic heterocycles. The first-order valence-electron chi connectivity index (χ1n) is 8.05. The second kappa shape index (κ2) is 8.67. The number of carboxylic acid groups (broad SMARTS) is 1. The lowest BCUT2D eigenvalue weighted by Gasteiger charge is -2.17. The monoisotopic (exact) mass is 320 g/mol. The number of carbonyl (C=O) groups excluding carboxylic acids is 1. The van der Waals surface area contributed by atoms with Crippen LogP contribution >= 0.6 is 0 Å². The molecule has 0 aliphatic carbocycles. The summed E-state index contributed by atoms with van der Waals surface area (Å²) < 4.78 is 0. The number of benzene rings is 1. The van der Waals surface area contributed by atoms with Crippen molar-refractivity contribution in [3.63, 3.8) is 0 Å². The number of rotatable bonds is 4. The van der Waals surface area contributed by atoms with Gasteiger partial charge in [0.2, 0.25) is 5.91 Å². The number of nitrogens with one attached hydrogen (secondary N) is 1. The molecular weight excluding hydrogens is 292 g/mol. The maximum atomic E-state index is 11.1. The standard InChI is InChI=1S/C10H12N2O.C8H16O2/c11-6-7-1-2-8-3-4-10(13)12-9(8)5-7;1-8(2,3)6-4-5-7(9)10/h1-2,5H,3-4,6,11H2,(H,12,13);4-6H2,1-3H3,(H,9,10). The van der Waals surface area contributed by atoms with E-state index in [2.05, 4.69) is 26.1 Å². The van der Waals surface area contributed by atoms with Crippen LogP contribution in [0.15, 0.2) is 18.2 Å². The Labute approximate surface area is 138 Å². The molecule has 0 atom stereocenters. The van der Waals surface area contributed by atoms with Crippen molar-refractivity contribution < 1.29 is 14.7 Å². The van der Waals surface area contributed by atoms with Crippen molar-refractivity contribution in [1.29, 1.82) is 0 Å². The van der Waals surface area contributed by atoms with Crippen molar-refractivity contribution in [1.82, 2.24) is 0 Å². The van der Waals surface area contributed by atoms with Gasteiger partial charge in [0.05, 0.1) is 0 Å². The molecule has 0 unspecified atom stereocenters. The molecule has 0 bridgehead atoms. The number of nitrogens with two attached hydrogens (primary N) is 1. The van der Waals surface area contributed by atoms with E-state index in [1.165, 1.54) is 5.56 Å². The van der Waals surface area contributed by atoms with Crippen LogP contribution in [0.3, 0.4) is 0 Å². The number of hydrogen-bond acceptors (Lipinski definition) is 3. The molecule has 128 valence electrons. The second-order valence-corrected chi connectivity index (χ2v) is 7.05. The largest absolute Gasteiger partial charge is 0.481 e. The van der Waals surface area contributed by atoms with Crippen LogP contribution in [0.1, 0.15) is 57.6 Å². The normalized spacial score (nSPS) is 13.5. The van der Waals surface area contributed by atoms with Gasteiger partial charge in [-0.05, 0) is 41.9 Å². The maximum absolute atomic E-state index is 11.1. The van der Waals surface area contributed by atoms with E-state index in [0.29, 0.717) is 19.4 Å². The van der Waals surface area contributed by atoms with E-state index in [-0.39, 0.29) is 11.3 Å². The molecule has 1 amide bonds. The number of carboxylic acids is 1. The number of aliphatic carboxylic acids is 1. The predicted octanol–water partition coefficient (Wildman–Crippen LogP) is 3.32. The van der Waals surface area contributed by atoms with Crippen LogP contribution in [0.2, 0.25) is 0 Å². The average Bonchev–Trinajstić information content (AvgIpc) is 2.45. The molecule has 0 aromatic heterocycles. The minimum atomic E-state index is -0.691. The quantitative estimate of drug-likeness (QED) is 0.793. The van der Waals surface area contributed by atoms with Gasteiger partial charge < -0.3 is 16.2 Å². The van der Waals surface area contributed by atoms with Gasteiger partial charge in [0.1, 0.15) is 0 Å². The highest BCUT2D eigenvalue weighted by atomic mass is 16.4. The second-order valence-electron chi connectivity index (χ2n) is 7.05. The van der Waals surface area contributed by atoms with Gasteiger partial charge in [-0.25, -0.2) is 0 Å². The predicted molar refractivity (Wildman–Crippen MR) is 92.2 cm³/mol. The van der Waals surface area contributed by atoms with Crippen LogP contribution in [-0.2, 0) is 22.6 Å². The maximum Gasteiger partial charge on any atom is 0.303 e. The van der Waals surface area contributed by atoms with Gasteiger partial charge in [0.25, 0.3) is 0 Å². The molecule has 1 aliphatic rings. The zero-order chi connectivity index (χ0) is 17.5. The average molecular weight is 320 g/mol. The first-order valence-corrected chi connectivity index (χ1v) is 8.05. The molecular formula is C18H28N2O3. The smallest absolute Gasteiger partial charge is 0.303 e. The third-order valence-electron chi connectivity index (χ3n) is 3.62. The molecule has 0 saturated carbocycles. The lowest BCUT2D eigenvalue weighted by atomic mass is 9.90. The fourth-order valence-electron chi connectivity index (χ4n) is 2.32. The molecule has 5 heteroatoms. The lowest BCUT2D eigenvalue weighted by molar-refractivity contribution is -0.137. The highest BCUT2D eigenvalue weighted by Gasteiger charge is 2.14. The number of fused-ring (bicyclic) bond motifs is 1. The Bertz CT molecular complexity index is 548. The van der Waals surface area contributed by atoms with Gasteiger partial charge in [0.15, 0.2) is 0 Å². The molecule has 0 radical (unpaired) electrons. The van der Waals surface area contributed by atoms with Crippen LogP contribution in [0.25, 0.3) is 0 Å². The van der Waals surface area contributed by atoms with Gasteiger partial charge in [-0.1, -0.05) is 32.9 Å². The number of hydrogen-bond donors (Lipinski definition) is 3. The SMILES string of the molecule is CC(C)(C)CCCC(=O)O.NCc1ccc2c(c1)NC(=O)CC2. The molecule has 5 nitrogen and oxygen atoms in total. The molecule has 0 saturated heterocycles. The van der Waals surface area contributed by atoms with Crippen molar-refractivity contribution >= 4 is 17.6 Å². The molecule has 0 spiro atoms. The summed E-state index contributed by atoms with van der Waals surface area (Å²) in [5.41, 5.74) is 8.97. The number of anilines is 1. The molecule has 0 fully saturated rings. The van der Waals surface area contributed by atoms with E-state index in [4.69, 9.17) is 10.8 Å². The van der Waals surface area contributed by atoms with E-state index in [1.54, 1.807) is 0 Å². The number of amides is 1. The molecule has 1 aromatic rings. The van der Waals surface area contributed by atoms with Gasteiger partial charge >= 0.3 is 5.97 Å². The fraction of sp³-hybridized carbons (Fsp3) is 0.556. The van der Waals surface area contributed by atoms with E-state index in [1.807, 2.05) is 18.2 Å². The topological polar surface area (TPSA) is 92.4 Å². The van der Waals surface area contributed by atoms with Gasteiger partial charge in [-0.3, -0.25) is 9.59 Å². The first-order chi connectivity index (χ1) is 10.7. The van der Waals surface area contributed by atoms with E-state index >= 15 is 0 Å². The van der Waals surface area contributed by atoms with Crippen molar-refractivity contribution in [2.24, 2.45) is 11.1 Å². The Kier molecular flexibility index (Phi) is 7.23. The Hall–Kier alpha value is -1.88. The van der Waals surface area contributed by atoms with Crippen LogP contribution in [0, 0.1) is 5.41 Å². The Balaban J connectivity index is 0.000000241. The third kappa shape index (κ3) is 7.79. The summed E-state index contributed by atoms with van der Waals surface area (Å²) in [7, 11) is 0. The number of aryl methyl sites for hydroxylation is 1. The fourth-order valence-corrected chi connectivity index (χ4v) is 2.32. The summed E-state index contributed by atoms with van der Waals surface area (Å²) in [6.45, 7) is 6.88. The Morgan fingerprint density at radius 2 is 2.00 bits per heavy atom. The zero-order valence-corrected chi connectivity index (χ0v) is 14.3. The van der Waals surface area contributed by atoms with E-state index in [9.17, 15) is 9.59 Å². The minimum absolute atomic E-state index is 0.0988. The van der Waals surface area contributed by atoms with Gasteiger partial charge in [-0.2, -0.15) is 0 Å². The highest BCUT2D eigenvalue weighted by molar-refractivity contribution is 5.93. The Morgan fingerprint density at radius 1 is 1.30 bits per heavy atom. The molecule has 4 N–H and O–H groups in total. The summed E-state index contributed by atoms with van der Waals surface area (Å²) in [5.74, 6) is -0.592. The van der Waals surface area contributed by atoms with Crippen molar-refractivity contribution in [2.45, 2.75) is 59.4 Å². The summed E-state index contributed by atoms with van der Waals surface area (Å²) >= 11 is 0. The lowest BCUT2D eigenvalue weighted by Crippen LogP contribution is -2.19. The first kappa shape index (κ1) is 19.2. The van der Waals surface area contributed by atoms with Crippen LogP contribution in [0.4, 0.5) is 5.69 Å². The van der Waals surface area contributed by atoms with Crippen LogP contribution < -0.4 is 11.1 Å². The van der Waals surface area contributed by atoms with E-state index in [0.717, 1.165) is 30.5 Å². The summed E-state index contributed by atoms with van der Waals surface area (Å²) in [4.78, 5) is 21.2. The molecule has 1 aromatic carbocycles. The van der Waals surface area contributed by atoms with Gasteiger partial charge in [-0.15, -0.1) is 0 Å². The van der Waals surface area contributed by atoms with Crippen molar-refractivity contribution in [3.8, 4) is 0 Å². The summed E-state index contributed by atoms with van der Waals surface area (Å²) in [6, 6.07) is 6.00. The molecule has 2 rings (SSSR count). The van der Waals surface area contributed by atoms with Crippen LogP contribution in [-0.4, -0.2) is 17.0 Å². The number of carbonyl (C=O) groups is 2. The van der Waals surface area contributed by atoms with Crippen molar-refractivity contribution in [3.05, 3.63) is 29.3 Å². The third-order valence-corrected chi connectivity index (χ3v) is 3.62. The molecule has 1 heterocycles. The summed E-state index contributed by atoms with van der Waals surface area (Å²) in [6.07, 6.45) is 3.51. The van der Waals surface area contributed by atoms with E-state index < -0.39 is 5.97 Å². The summed E-state index contributed by atoms with van der Waals surface area (Å²) in [5, 5.41) is 11.2. The van der Waals surface area contributed by atoms with Crippen LogP contribution in [0.5, 0.6) is 0 Å².